The minimum absolute atomic E-state index is 0.0197. The lowest BCUT2D eigenvalue weighted by atomic mass is 10.1. The van der Waals surface area contributed by atoms with E-state index in [0.717, 1.165) is 44.5 Å². The Kier molecular flexibility index (Phi) is 6.75. The summed E-state index contributed by atoms with van der Waals surface area (Å²) in [6.07, 6.45) is 3.53. The van der Waals surface area contributed by atoms with E-state index in [1.54, 1.807) is 6.92 Å². The van der Waals surface area contributed by atoms with Crippen LogP contribution >= 0.6 is 0 Å². The van der Waals surface area contributed by atoms with Gasteiger partial charge in [0.15, 0.2) is 6.10 Å². The van der Waals surface area contributed by atoms with Crippen LogP contribution < -0.4 is 10.2 Å². The number of likely N-dealkylation sites (tertiary alicyclic amines) is 1. The summed E-state index contributed by atoms with van der Waals surface area (Å²) in [4.78, 5) is 41.4. The predicted octanol–water partition coefficient (Wildman–Crippen LogP) is 2.18. The quantitative estimate of drug-likeness (QED) is 0.698. The molecule has 8 heteroatoms. The van der Waals surface area contributed by atoms with Crippen molar-refractivity contribution in [1.29, 1.82) is 0 Å². The fraction of sp³-hybridized carbons (Fsp3) is 0.609. The van der Waals surface area contributed by atoms with Gasteiger partial charge in [-0.15, -0.1) is 0 Å². The highest BCUT2D eigenvalue weighted by atomic mass is 16.5. The third-order valence-electron chi connectivity index (χ3n) is 6.43. The number of ether oxygens (including phenoxy) is 2. The SMILES string of the molecule is C[C@H](OC(=O)[C@@H]1CC(=O)N(C2CCCC2)C1)C(=O)Nc1ccc(N2CCOCC2)cc1. The summed E-state index contributed by atoms with van der Waals surface area (Å²) in [7, 11) is 0. The summed E-state index contributed by atoms with van der Waals surface area (Å²) in [5.41, 5.74) is 1.73. The van der Waals surface area contributed by atoms with E-state index >= 15 is 0 Å². The van der Waals surface area contributed by atoms with Crippen LogP contribution in [0.2, 0.25) is 0 Å². The fourth-order valence-electron chi connectivity index (χ4n) is 4.60. The van der Waals surface area contributed by atoms with Crippen LogP contribution in [-0.2, 0) is 23.9 Å². The van der Waals surface area contributed by atoms with E-state index in [0.29, 0.717) is 25.4 Å². The predicted molar refractivity (Wildman–Crippen MR) is 116 cm³/mol. The van der Waals surface area contributed by atoms with E-state index in [2.05, 4.69) is 10.2 Å². The number of anilines is 2. The number of nitrogens with zero attached hydrogens (tertiary/aromatic N) is 2. The van der Waals surface area contributed by atoms with Gasteiger partial charge in [0.2, 0.25) is 5.91 Å². The summed E-state index contributed by atoms with van der Waals surface area (Å²) >= 11 is 0. The third-order valence-corrected chi connectivity index (χ3v) is 6.43. The minimum atomic E-state index is -0.929. The van der Waals surface area contributed by atoms with Gasteiger partial charge < -0.3 is 24.6 Å². The molecule has 1 aliphatic carbocycles. The molecule has 0 radical (unpaired) electrons. The average Bonchev–Trinajstić information content (AvgIpc) is 3.44. The molecule has 2 amide bonds. The first kappa shape index (κ1) is 21.6. The van der Waals surface area contributed by atoms with Gasteiger partial charge >= 0.3 is 5.97 Å². The van der Waals surface area contributed by atoms with E-state index in [1.807, 2.05) is 29.2 Å². The molecule has 31 heavy (non-hydrogen) atoms. The lowest BCUT2D eigenvalue weighted by molar-refractivity contribution is -0.157. The Morgan fingerprint density at radius 3 is 2.48 bits per heavy atom. The van der Waals surface area contributed by atoms with Crippen LogP contribution in [-0.4, -0.2) is 67.7 Å². The summed E-state index contributed by atoms with van der Waals surface area (Å²) < 4.78 is 10.8. The van der Waals surface area contributed by atoms with Crippen LogP contribution in [0.25, 0.3) is 0 Å². The summed E-state index contributed by atoms with van der Waals surface area (Å²) in [5, 5.41) is 2.79. The van der Waals surface area contributed by atoms with Gasteiger partial charge in [-0.1, -0.05) is 12.8 Å². The second-order valence-corrected chi connectivity index (χ2v) is 8.60. The maximum Gasteiger partial charge on any atom is 0.312 e. The molecule has 2 heterocycles. The first-order valence-corrected chi connectivity index (χ1v) is 11.2. The van der Waals surface area contributed by atoms with Crippen molar-refractivity contribution < 1.29 is 23.9 Å². The Bertz CT molecular complexity index is 800. The van der Waals surface area contributed by atoms with Crippen molar-refractivity contribution in [1.82, 2.24) is 4.90 Å². The Labute approximate surface area is 182 Å². The molecule has 2 atom stereocenters. The Hall–Kier alpha value is -2.61. The molecule has 1 aromatic carbocycles. The van der Waals surface area contributed by atoms with Crippen molar-refractivity contribution in [3.8, 4) is 0 Å². The van der Waals surface area contributed by atoms with Gasteiger partial charge in [-0.05, 0) is 44.0 Å². The summed E-state index contributed by atoms with van der Waals surface area (Å²) in [5.74, 6) is -1.33. The van der Waals surface area contributed by atoms with Crippen molar-refractivity contribution >= 4 is 29.2 Å². The van der Waals surface area contributed by atoms with E-state index in [1.165, 1.54) is 0 Å². The van der Waals surface area contributed by atoms with Gasteiger partial charge in [-0.2, -0.15) is 0 Å². The van der Waals surface area contributed by atoms with Crippen LogP contribution in [0.3, 0.4) is 0 Å². The average molecular weight is 430 g/mol. The number of hydrogen-bond donors (Lipinski definition) is 1. The number of hydrogen-bond acceptors (Lipinski definition) is 6. The molecule has 0 bridgehead atoms. The molecule has 1 N–H and O–H groups in total. The number of rotatable bonds is 6. The largest absolute Gasteiger partial charge is 0.452 e. The topological polar surface area (TPSA) is 88.2 Å². The van der Waals surface area contributed by atoms with Crippen LogP contribution in [0, 0.1) is 5.92 Å². The first-order valence-electron chi connectivity index (χ1n) is 11.2. The zero-order chi connectivity index (χ0) is 21.8. The number of nitrogens with one attached hydrogen (secondary N) is 1. The van der Waals surface area contributed by atoms with Crippen molar-refractivity contribution in [3.05, 3.63) is 24.3 Å². The molecular weight excluding hydrogens is 398 g/mol. The highest BCUT2D eigenvalue weighted by molar-refractivity contribution is 5.96. The highest BCUT2D eigenvalue weighted by Gasteiger charge is 2.40. The Morgan fingerprint density at radius 1 is 1.13 bits per heavy atom. The van der Waals surface area contributed by atoms with E-state index in [-0.39, 0.29) is 24.3 Å². The van der Waals surface area contributed by atoms with Crippen molar-refractivity contribution in [3.63, 3.8) is 0 Å². The van der Waals surface area contributed by atoms with Crippen LogP contribution in [0.1, 0.15) is 39.0 Å². The molecule has 3 aliphatic rings. The standard InChI is InChI=1S/C23H31N3O5/c1-16(31-23(29)17-14-21(27)26(15-17)20-4-2-3-5-20)22(28)24-18-6-8-19(9-7-18)25-10-12-30-13-11-25/h6-9,16-17,20H,2-5,10-15H2,1H3,(H,24,28)/t16-,17+/m0/s1. The van der Waals surface area contributed by atoms with E-state index in [9.17, 15) is 14.4 Å². The molecule has 2 saturated heterocycles. The van der Waals surface area contributed by atoms with Crippen LogP contribution in [0.5, 0.6) is 0 Å². The fourth-order valence-corrected chi connectivity index (χ4v) is 4.60. The zero-order valence-corrected chi connectivity index (χ0v) is 18.0. The third kappa shape index (κ3) is 5.18. The number of carbonyl (C=O) groups is 3. The smallest absolute Gasteiger partial charge is 0.312 e. The summed E-state index contributed by atoms with van der Waals surface area (Å²) in [6, 6.07) is 7.85. The highest BCUT2D eigenvalue weighted by Crippen LogP contribution is 2.30. The Morgan fingerprint density at radius 2 is 1.81 bits per heavy atom. The van der Waals surface area contributed by atoms with Gasteiger partial charge in [-0.3, -0.25) is 14.4 Å². The number of morpholine rings is 1. The van der Waals surface area contributed by atoms with Crippen LogP contribution in [0.15, 0.2) is 24.3 Å². The lowest BCUT2D eigenvalue weighted by Crippen LogP contribution is -2.36. The van der Waals surface area contributed by atoms with Gasteiger partial charge in [0, 0.05) is 43.5 Å². The van der Waals surface area contributed by atoms with Crippen LogP contribution in [0.4, 0.5) is 11.4 Å². The van der Waals surface area contributed by atoms with Gasteiger partial charge in [0.25, 0.3) is 5.91 Å². The molecule has 3 fully saturated rings. The lowest BCUT2D eigenvalue weighted by Gasteiger charge is -2.29. The van der Waals surface area contributed by atoms with E-state index in [4.69, 9.17) is 9.47 Å². The molecule has 1 aromatic rings. The molecule has 0 unspecified atom stereocenters. The molecule has 2 aliphatic heterocycles. The Balaban J connectivity index is 1.26. The molecule has 8 nitrogen and oxygen atoms in total. The van der Waals surface area contributed by atoms with Crippen molar-refractivity contribution in [2.75, 3.05) is 43.1 Å². The van der Waals surface area contributed by atoms with Crippen molar-refractivity contribution in [2.24, 2.45) is 5.92 Å². The summed E-state index contributed by atoms with van der Waals surface area (Å²) in [6.45, 7) is 5.08. The zero-order valence-electron chi connectivity index (χ0n) is 18.0. The molecular formula is C23H31N3O5. The monoisotopic (exact) mass is 429 g/mol. The molecule has 0 aromatic heterocycles. The number of benzene rings is 1. The maximum absolute atomic E-state index is 12.5. The molecule has 1 saturated carbocycles. The van der Waals surface area contributed by atoms with Gasteiger partial charge in [-0.25, -0.2) is 0 Å². The molecule has 168 valence electrons. The maximum atomic E-state index is 12.5. The number of esters is 1. The van der Waals surface area contributed by atoms with Crippen molar-refractivity contribution in [2.45, 2.75) is 51.2 Å². The minimum Gasteiger partial charge on any atom is -0.452 e. The second-order valence-electron chi connectivity index (χ2n) is 8.60. The molecule has 0 spiro atoms. The van der Waals surface area contributed by atoms with E-state index < -0.39 is 18.0 Å². The number of amides is 2. The normalized spacial score (nSPS) is 23.1. The molecule has 4 rings (SSSR count). The van der Waals surface area contributed by atoms with Gasteiger partial charge in [0.1, 0.15) is 0 Å². The first-order chi connectivity index (χ1) is 15.0. The van der Waals surface area contributed by atoms with Gasteiger partial charge in [0.05, 0.1) is 19.1 Å². The number of carbonyl (C=O) groups excluding carboxylic acids is 3. The second kappa shape index (κ2) is 9.68.